The number of hydrogen-bond acceptors (Lipinski definition) is 0. The zero-order valence-corrected chi connectivity index (χ0v) is 18.4. The third kappa shape index (κ3) is 4.43. The Labute approximate surface area is 144 Å². The first-order valence-electron chi connectivity index (χ1n) is 5.43. The fourth-order valence-electron chi connectivity index (χ4n) is 1.67. The standard InChI is InChI=1S/C14H10Br4Te/c15-13(11-7-3-1-4-8-11)14(19(16,17)18)12-9-5-2-6-10-12/h1-10H/b14-13-. The van der Waals surface area contributed by atoms with E-state index in [1.54, 1.807) is 0 Å². The zero-order valence-electron chi connectivity index (χ0n) is 9.69. The van der Waals surface area contributed by atoms with Gasteiger partial charge in [-0.1, -0.05) is 0 Å². The van der Waals surface area contributed by atoms with Gasteiger partial charge in [-0.15, -0.1) is 0 Å². The second-order valence-corrected chi connectivity index (χ2v) is 45.1. The molecule has 100 valence electrons. The summed E-state index contributed by atoms with van der Waals surface area (Å²) in [5.41, 5.74) is 2.39. The monoisotopic (exact) mass is 624 g/mol. The summed E-state index contributed by atoms with van der Waals surface area (Å²) in [5.74, 6) is 0. The van der Waals surface area contributed by atoms with Crippen molar-refractivity contribution in [3.8, 4) is 0 Å². The van der Waals surface area contributed by atoms with Crippen molar-refractivity contribution in [2.45, 2.75) is 0 Å². The third-order valence-corrected chi connectivity index (χ3v) is 13.3. The SMILES string of the molecule is Br/C(=C(/c1ccccc1)[Te](Br)(Br)Br)c1ccccc1. The van der Waals surface area contributed by atoms with E-state index >= 15 is 0 Å². The zero-order chi connectivity index (χ0) is 13.9. The van der Waals surface area contributed by atoms with E-state index in [0.717, 1.165) is 4.48 Å². The molecule has 2 aromatic rings. The summed E-state index contributed by atoms with van der Waals surface area (Å²) in [6.07, 6.45) is 0. The van der Waals surface area contributed by atoms with Crippen LogP contribution in [0.15, 0.2) is 60.7 Å². The van der Waals surface area contributed by atoms with Crippen LogP contribution in [0.3, 0.4) is 0 Å². The van der Waals surface area contributed by atoms with Gasteiger partial charge in [-0.05, 0) is 0 Å². The second-order valence-electron chi connectivity index (χ2n) is 3.78. The number of benzene rings is 2. The molecule has 0 N–H and O–H groups in total. The molecule has 0 saturated carbocycles. The van der Waals surface area contributed by atoms with Gasteiger partial charge < -0.3 is 0 Å². The van der Waals surface area contributed by atoms with Crippen molar-refractivity contribution >= 4 is 73.9 Å². The molecule has 19 heavy (non-hydrogen) atoms. The predicted molar refractivity (Wildman–Crippen MR) is 101 cm³/mol. The molecule has 0 aliphatic rings. The number of halogens is 4. The van der Waals surface area contributed by atoms with Crippen LogP contribution in [0, 0.1) is 0 Å². The Kier molecular flexibility index (Phi) is 6.20. The molecular formula is C14H10Br4Te. The Bertz CT molecular complexity index is 573. The van der Waals surface area contributed by atoms with Gasteiger partial charge in [0.25, 0.3) is 0 Å². The van der Waals surface area contributed by atoms with Crippen LogP contribution in [-0.4, -0.2) is 11.6 Å². The fourth-order valence-corrected chi connectivity index (χ4v) is 17.2. The second kappa shape index (κ2) is 7.24. The van der Waals surface area contributed by atoms with E-state index in [9.17, 15) is 0 Å². The van der Waals surface area contributed by atoms with Crippen LogP contribution in [0.2, 0.25) is 0 Å². The molecule has 0 atom stereocenters. The van der Waals surface area contributed by atoms with Crippen LogP contribution in [0.5, 0.6) is 0 Å². The Morgan fingerprint density at radius 1 is 0.684 bits per heavy atom. The normalized spacial score (nSPS) is 13.9. The van der Waals surface area contributed by atoms with Crippen molar-refractivity contribution in [3.05, 3.63) is 71.8 Å². The van der Waals surface area contributed by atoms with E-state index in [2.05, 4.69) is 90.6 Å². The molecule has 2 rings (SSSR count). The van der Waals surface area contributed by atoms with Crippen molar-refractivity contribution in [1.29, 1.82) is 0 Å². The molecule has 0 amide bonds. The average Bonchev–Trinajstić information content (AvgIpc) is 2.39. The van der Waals surface area contributed by atoms with Gasteiger partial charge in [-0.2, -0.15) is 0 Å². The molecular weight excluding hydrogens is 615 g/mol. The maximum atomic E-state index is 3.82. The maximum absolute atomic E-state index is 3.82. The summed E-state index contributed by atoms with van der Waals surface area (Å²) in [6.45, 7) is 0. The Balaban J connectivity index is 2.63. The van der Waals surface area contributed by atoms with E-state index < -0.39 is 11.6 Å². The van der Waals surface area contributed by atoms with Gasteiger partial charge in [0.15, 0.2) is 0 Å². The average molecular weight is 625 g/mol. The molecule has 0 unspecified atom stereocenters. The first-order valence-corrected chi connectivity index (χ1v) is 23.1. The Morgan fingerprint density at radius 3 is 1.53 bits per heavy atom. The van der Waals surface area contributed by atoms with Crippen LogP contribution < -0.4 is 0 Å². The van der Waals surface area contributed by atoms with Gasteiger partial charge in [-0.25, -0.2) is 0 Å². The molecule has 0 bridgehead atoms. The Morgan fingerprint density at radius 2 is 1.11 bits per heavy atom. The van der Waals surface area contributed by atoms with Crippen LogP contribution >= 0.6 is 54.2 Å². The van der Waals surface area contributed by atoms with Crippen LogP contribution in [0.4, 0.5) is 0 Å². The summed E-state index contributed by atoms with van der Waals surface area (Å²) in [7, 11) is 0. The number of rotatable bonds is 3. The molecule has 5 heteroatoms. The van der Waals surface area contributed by atoms with Crippen LogP contribution in [0.25, 0.3) is 8.10 Å². The summed E-state index contributed by atoms with van der Waals surface area (Å²) in [4.78, 5) is 0. The van der Waals surface area contributed by atoms with E-state index in [0.29, 0.717) is 0 Å². The van der Waals surface area contributed by atoms with Gasteiger partial charge in [0.2, 0.25) is 0 Å². The van der Waals surface area contributed by atoms with E-state index in [1.165, 1.54) is 14.7 Å². The van der Waals surface area contributed by atoms with Gasteiger partial charge in [0.05, 0.1) is 0 Å². The van der Waals surface area contributed by atoms with Crippen molar-refractivity contribution in [1.82, 2.24) is 0 Å². The molecule has 0 nitrogen and oxygen atoms in total. The Hall–Kier alpha value is 0.890. The third-order valence-electron chi connectivity index (χ3n) is 2.49. The van der Waals surface area contributed by atoms with E-state index in [4.69, 9.17) is 0 Å². The first kappa shape index (κ1) is 16.3. The van der Waals surface area contributed by atoms with Crippen LogP contribution in [0.1, 0.15) is 11.1 Å². The molecule has 0 aromatic heterocycles. The molecule has 2 aromatic carbocycles. The van der Waals surface area contributed by atoms with Crippen molar-refractivity contribution in [2.24, 2.45) is 0 Å². The van der Waals surface area contributed by atoms with Gasteiger partial charge in [0.1, 0.15) is 0 Å². The summed E-state index contributed by atoms with van der Waals surface area (Å²) in [5, 5.41) is 0. The summed E-state index contributed by atoms with van der Waals surface area (Å²) in [6, 6.07) is 20.7. The van der Waals surface area contributed by atoms with E-state index in [1.807, 2.05) is 24.3 Å². The van der Waals surface area contributed by atoms with E-state index in [-0.39, 0.29) is 0 Å². The van der Waals surface area contributed by atoms with Crippen LogP contribution in [-0.2, 0) is 0 Å². The first-order chi connectivity index (χ1) is 9.00. The predicted octanol–water partition coefficient (Wildman–Crippen LogP) is 6.61. The quantitative estimate of drug-likeness (QED) is 0.266. The van der Waals surface area contributed by atoms with Crippen molar-refractivity contribution in [3.63, 3.8) is 0 Å². The summed E-state index contributed by atoms with van der Waals surface area (Å²) < 4.78 is 2.39. The minimum absolute atomic E-state index is 1.12. The molecule has 0 saturated heterocycles. The van der Waals surface area contributed by atoms with Crippen molar-refractivity contribution in [2.75, 3.05) is 0 Å². The van der Waals surface area contributed by atoms with Crippen molar-refractivity contribution < 1.29 is 0 Å². The molecule has 0 fully saturated rings. The van der Waals surface area contributed by atoms with Gasteiger partial charge in [0, 0.05) is 0 Å². The summed E-state index contributed by atoms with van der Waals surface area (Å²) >= 11 is 12.6. The molecule has 0 aliphatic heterocycles. The van der Waals surface area contributed by atoms with Gasteiger partial charge >= 0.3 is 146 Å². The van der Waals surface area contributed by atoms with Gasteiger partial charge in [-0.3, -0.25) is 0 Å². The fraction of sp³-hybridized carbons (Fsp3) is 0. The molecule has 0 spiro atoms. The molecule has 0 radical (unpaired) electrons. The molecule has 0 aliphatic carbocycles. The topological polar surface area (TPSA) is 0 Å². The molecule has 0 heterocycles. The minimum atomic E-state index is -2.56. The number of hydrogen-bond donors (Lipinski definition) is 0.